The molecule has 1 N–H and O–H groups in total. The average molecular weight is 256 g/mol. The van der Waals surface area contributed by atoms with E-state index in [0.717, 1.165) is 19.1 Å². The number of aromatic nitrogens is 1. The molecule has 1 saturated carbocycles. The number of nitrogens with zero attached hydrogens (tertiary/aromatic N) is 1. The Kier molecular flexibility index (Phi) is 3.88. The maximum atomic E-state index is 3.72. The van der Waals surface area contributed by atoms with Crippen molar-refractivity contribution in [2.24, 2.45) is 0 Å². The van der Waals surface area contributed by atoms with E-state index in [-0.39, 0.29) is 0 Å². The Balaban J connectivity index is 1.59. The molecule has 102 valence electrons. The first kappa shape index (κ1) is 12.7. The molecule has 0 saturated heterocycles. The summed E-state index contributed by atoms with van der Waals surface area (Å²) in [6, 6.07) is 9.69. The highest BCUT2D eigenvalue weighted by Gasteiger charge is 2.12. The van der Waals surface area contributed by atoms with E-state index in [1.165, 1.54) is 48.6 Å². The van der Waals surface area contributed by atoms with Crippen LogP contribution >= 0.6 is 0 Å². The highest BCUT2D eigenvalue weighted by atomic mass is 15.0. The zero-order chi connectivity index (χ0) is 13.1. The van der Waals surface area contributed by atoms with Gasteiger partial charge in [-0.2, -0.15) is 0 Å². The van der Waals surface area contributed by atoms with Gasteiger partial charge in [0.05, 0.1) is 0 Å². The van der Waals surface area contributed by atoms with Gasteiger partial charge in [-0.1, -0.05) is 30.9 Å². The van der Waals surface area contributed by atoms with Gasteiger partial charge in [0.2, 0.25) is 0 Å². The molecule has 2 heteroatoms. The number of aryl methyl sites for hydroxylation is 1. The van der Waals surface area contributed by atoms with Crippen molar-refractivity contribution in [2.45, 2.75) is 51.6 Å². The molecular formula is C17H24N2. The zero-order valence-electron chi connectivity index (χ0n) is 11.9. The van der Waals surface area contributed by atoms with E-state index in [1.807, 2.05) is 0 Å². The van der Waals surface area contributed by atoms with Crippen molar-refractivity contribution in [3.8, 4) is 0 Å². The van der Waals surface area contributed by atoms with Gasteiger partial charge in [-0.25, -0.2) is 0 Å². The van der Waals surface area contributed by atoms with Crippen molar-refractivity contribution in [2.75, 3.05) is 6.54 Å². The topological polar surface area (TPSA) is 17.0 Å². The molecule has 1 heterocycles. The van der Waals surface area contributed by atoms with Gasteiger partial charge in [-0.05, 0) is 43.4 Å². The lowest BCUT2D eigenvalue weighted by Crippen LogP contribution is -2.33. The van der Waals surface area contributed by atoms with Crippen LogP contribution in [0.5, 0.6) is 0 Å². The minimum Gasteiger partial charge on any atom is -0.346 e. The molecule has 2 nitrogen and oxygen atoms in total. The maximum Gasteiger partial charge on any atom is 0.0480 e. The van der Waals surface area contributed by atoms with Gasteiger partial charge in [0, 0.05) is 30.8 Å². The number of hydrogen-bond acceptors (Lipinski definition) is 1. The molecule has 0 aliphatic heterocycles. The standard InChI is InChI=1S/C17H24N2/c1-14-7-8-17-15(13-14)9-11-19(17)12-10-18-16-5-3-2-4-6-16/h7-9,11,13,16,18H,2-6,10,12H2,1H3. The number of hydrogen-bond donors (Lipinski definition) is 1. The number of nitrogens with one attached hydrogen (secondary N) is 1. The summed E-state index contributed by atoms with van der Waals surface area (Å²) in [5.41, 5.74) is 2.70. The SMILES string of the molecule is Cc1ccc2c(ccn2CCNC2CCCCC2)c1. The van der Waals surface area contributed by atoms with E-state index in [9.17, 15) is 0 Å². The van der Waals surface area contributed by atoms with Crippen molar-refractivity contribution in [1.29, 1.82) is 0 Å². The van der Waals surface area contributed by atoms with Crippen LogP contribution in [0.1, 0.15) is 37.7 Å². The van der Waals surface area contributed by atoms with E-state index >= 15 is 0 Å². The lowest BCUT2D eigenvalue weighted by molar-refractivity contribution is 0.369. The molecule has 3 rings (SSSR count). The molecule has 1 aliphatic carbocycles. The van der Waals surface area contributed by atoms with E-state index in [0.29, 0.717) is 0 Å². The van der Waals surface area contributed by atoms with Crippen LogP contribution in [0.3, 0.4) is 0 Å². The Hall–Kier alpha value is -1.28. The van der Waals surface area contributed by atoms with E-state index in [2.05, 4.69) is 47.3 Å². The van der Waals surface area contributed by atoms with Crippen LogP contribution in [-0.2, 0) is 6.54 Å². The summed E-state index contributed by atoms with van der Waals surface area (Å²) in [5, 5.41) is 5.07. The smallest absolute Gasteiger partial charge is 0.0480 e. The van der Waals surface area contributed by atoms with Crippen molar-refractivity contribution in [3.05, 3.63) is 36.0 Å². The lowest BCUT2D eigenvalue weighted by atomic mass is 9.95. The second-order valence-electron chi connectivity index (χ2n) is 5.86. The third-order valence-electron chi connectivity index (χ3n) is 4.32. The Labute approximate surface area is 115 Å². The summed E-state index contributed by atoms with van der Waals surface area (Å²) in [7, 11) is 0. The van der Waals surface area contributed by atoms with Crippen molar-refractivity contribution >= 4 is 10.9 Å². The minimum atomic E-state index is 0.762. The highest BCUT2D eigenvalue weighted by molar-refractivity contribution is 5.80. The van der Waals surface area contributed by atoms with Crippen LogP contribution in [-0.4, -0.2) is 17.2 Å². The molecule has 0 unspecified atom stereocenters. The summed E-state index contributed by atoms with van der Waals surface area (Å²) in [6.07, 6.45) is 9.19. The van der Waals surface area contributed by atoms with Crippen LogP contribution in [0.25, 0.3) is 10.9 Å². The van der Waals surface area contributed by atoms with E-state index in [1.54, 1.807) is 0 Å². The molecule has 1 aromatic carbocycles. The largest absolute Gasteiger partial charge is 0.346 e. The predicted octanol–water partition coefficient (Wildman–Crippen LogP) is 3.87. The quantitative estimate of drug-likeness (QED) is 0.878. The van der Waals surface area contributed by atoms with Gasteiger partial charge < -0.3 is 9.88 Å². The fraction of sp³-hybridized carbons (Fsp3) is 0.529. The summed E-state index contributed by atoms with van der Waals surface area (Å²) >= 11 is 0. The molecule has 0 amide bonds. The minimum absolute atomic E-state index is 0.762. The van der Waals surface area contributed by atoms with Crippen molar-refractivity contribution in [1.82, 2.24) is 9.88 Å². The molecule has 19 heavy (non-hydrogen) atoms. The zero-order valence-corrected chi connectivity index (χ0v) is 11.9. The van der Waals surface area contributed by atoms with Crippen LogP contribution in [0, 0.1) is 6.92 Å². The molecule has 0 spiro atoms. The van der Waals surface area contributed by atoms with Crippen molar-refractivity contribution in [3.63, 3.8) is 0 Å². The summed E-state index contributed by atoms with van der Waals surface area (Å²) in [6.45, 7) is 4.31. The summed E-state index contributed by atoms with van der Waals surface area (Å²) in [5.74, 6) is 0. The first-order chi connectivity index (χ1) is 9.33. The van der Waals surface area contributed by atoms with Crippen molar-refractivity contribution < 1.29 is 0 Å². The molecule has 0 radical (unpaired) electrons. The Morgan fingerprint density at radius 1 is 1.16 bits per heavy atom. The van der Waals surface area contributed by atoms with Gasteiger partial charge in [0.15, 0.2) is 0 Å². The normalized spacial score (nSPS) is 17.1. The van der Waals surface area contributed by atoms with Gasteiger partial charge >= 0.3 is 0 Å². The van der Waals surface area contributed by atoms with Crippen LogP contribution in [0.4, 0.5) is 0 Å². The number of rotatable bonds is 4. The first-order valence-corrected chi connectivity index (χ1v) is 7.62. The number of fused-ring (bicyclic) bond motifs is 1. The first-order valence-electron chi connectivity index (χ1n) is 7.62. The molecule has 1 fully saturated rings. The van der Waals surface area contributed by atoms with Crippen LogP contribution in [0.15, 0.2) is 30.5 Å². The highest BCUT2D eigenvalue weighted by Crippen LogP contribution is 2.18. The second-order valence-corrected chi connectivity index (χ2v) is 5.86. The van der Waals surface area contributed by atoms with Gasteiger partial charge in [-0.15, -0.1) is 0 Å². The second kappa shape index (κ2) is 5.79. The molecular weight excluding hydrogens is 232 g/mol. The van der Waals surface area contributed by atoms with Gasteiger partial charge in [0.1, 0.15) is 0 Å². The fourth-order valence-corrected chi connectivity index (χ4v) is 3.21. The molecule has 2 aromatic rings. The monoisotopic (exact) mass is 256 g/mol. The van der Waals surface area contributed by atoms with Crippen LogP contribution < -0.4 is 5.32 Å². The average Bonchev–Trinajstić information content (AvgIpc) is 2.82. The number of benzene rings is 1. The van der Waals surface area contributed by atoms with E-state index < -0.39 is 0 Å². The Morgan fingerprint density at radius 3 is 2.84 bits per heavy atom. The third kappa shape index (κ3) is 3.01. The van der Waals surface area contributed by atoms with Gasteiger partial charge in [0.25, 0.3) is 0 Å². The Bertz CT molecular complexity index is 535. The van der Waals surface area contributed by atoms with E-state index in [4.69, 9.17) is 0 Å². The van der Waals surface area contributed by atoms with Crippen LogP contribution in [0.2, 0.25) is 0 Å². The molecule has 0 atom stereocenters. The maximum absolute atomic E-state index is 3.72. The summed E-state index contributed by atoms with van der Waals surface area (Å²) in [4.78, 5) is 0. The third-order valence-corrected chi connectivity index (χ3v) is 4.32. The van der Waals surface area contributed by atoms with Gasteiger partial charge in [-0.3, -0.25) is 0 Å². The Morgan fingerprint density at radius 2 is 2.00 bits per heavy atom. The molecule has 1 aliphatic rings. The molecule has 1 aromatic heterocycles. The predicted molar refractivity (Wildman–Crippen MR) is 81.6 cm³/mol. The summed E-state index contributed by atoms with van der Waals surface area (Å²) < 4.78 is 2.37. The lowest BCUT2D eigenvalue weighted by Gasteiger charge is -2.23. The molecule has 0 bridgehead atoms. The fourth-order valence-electron chi connectivity index (χ4n) is 3.21.